The molecule has 1 aliphatic rings. The number of aryl methyl sites for hydroxylation is 1. The van der Waals surface area contributed by atoms with Crippen molar-refractivity contribution in [1.29, 1.82) is 0 Å². The molecule has 2 aromatic heterocycles. The highest BCUT2D eigenvalue weighted by Crippen LogP contribution is 2.24. The molecule has 1 aliphatic carbocycles. The summed E-state index contributed by atoms with van der Waals surface area (Å²) in [5.41, 5.74) is 3.49. The van der Waals surface area contributed by atoms with Crippen molar-refractivity contribution in [2.45, 2.75) is 51.6 Å². The molecule has 0 saturated heterocycles. The molecule has 0 unspecified atom stereocenters. The summed E-state index contributed by atoms with van der Waals surface area (Å²) in [6.45, 7) is 3.62. The highest BCUT2D eigenvalue weighted by atomic mass is 16.1. The van der Waals surface area contributed by atoms with Crippen LogP contribution in [0.5, 0.6) is 0 Å². The fraction of sp³-hybridized carbons (Fsp3) is 0.381. The SMILES string of the molecule is CC(=O)NC1CCC(Nc2ncc3ncnc(Nc4cccc(C)c4)c3n2)CC1. The van der Waals surface area contributed by atoms with Crippen molar-refractivity contribution in [1.82, 2.24) is 25.3 Å². The summed E-state index contributed by atoms with van der Waals surface area (Å²) in [5, 5.41) is 9.76. The molecule has 3 N–H and O–H groups in total. The van der Waals surface area contributed by atoms with Gasteiger partial charge >= 0.3 is 0 Å². The Balaban J connectivity index is 1.49. The van der Waals surface area contributed by atoms with E-state index in [9.17, 15) is 4.79 Å². The van der Waals surface area contributed by atoms with Crippen molar-refractivity contribution in [2.75, 3.05) is 10.6 Å². The molecule has 0 atom stereocenters. The molecule has 3 aromatic rings. The van der Waals surface area contributed by atoms with Gasteiger partial charge in [-0.3, -0.25) is 4.79 Å². The van der Waals surface area contributed by atoms with Crippen molar-refractivity contribution in [3.63, 3.8) is 0 Å². The van der Waals surface area contributed by atoms with Crippen LogP contribution in [0.1, 0.15) is 38.2 Å². The maximum Gasteiger partial charge on any atom is 0.223 e. The fourth-order valence-electron chi connectivity index (χ4n) is 3.73. The van der Waals surface area contributed by atoms with E-state index in [-0.39, 0.29) is 18.0 Å². The molecule has 4 rings (SSSR count). The lowest BCUT2D eigenvalue weighted by Gasteiger charge is -2.29. The summed E-state index contributed by atoms with van der Waals surface area (Å²) in [6, 6.07) is 8.65. The van der Waals surface area contributed by atoms with E-state index in [1.165, 1.54) is 11.9 Å². The Hall–Kier alpha value is -3.29. The highest BCUT2D eigenvalue weighted by Gasteiger charge is 2.22. The number of anilines is 3. The first-order chi connectivity index (χ1) is 14.1. The lowest BCUT2D eigenvalue weighted by Crippen LogP contribution is -2.39. The van der Waals surface area contributed by atoms with Gasteiger partial charge in [-0.15, -0.1) is 0 Å². The molecule has 8 nitrogen and oxygen atoms in total. The topological polar surface area (TPSA) is 105 Å². The maximum absolute atomic E-state index is 11.2. The van der Waals surface area contributed by atoms with Gasteiger partial charge in [0.15, 0.2) is 5.82 Å². The van der Waals surface area contributed by atoms with Gasteiger partial charge in [0.05, 0.1) is 6.20 Å². The number of benzene rings is 1. The monoisotopic (exact) mass is 391 g/mol. The Morgan fingerprint density at radius 1 is 1.07 bits per heavy atom. The first-order valence-corrected chi connectivity index (χ1v) is 9.92. The van der Waals surface area contributed by atoms with Crippen LogP contribution in [0.2, 0.25) is 0 Å². The summed E-state index contributed by atoms with van der Waals surface area (Å²) in [6.07, 6.45) is 7.07. The van der Waals surface area contributed by atoms with Gasteiger partial charge in [0, 0.05) is 24.7 Å². The largest absolute Gasteiger partial charge is 0.354 e. The number of aromatic nitrogens is 4. The summed E-state index contributed by atoms with van der Waals surface area (Å²) in [5.74, 6) is 1.26. The zero-order chi connectivity index (χ0) is 20.2. The molecule has 1 amide bonds. The first kappa shape index (κ1) is 19.0. The predicted molar refractivity (Wildman–Crippen MR) is 113 cm³/mol. The zero-order valence-electron chi connectivity index (χ0n) is 16.6. The number of carbonyl (C=O) groups excluding carboxylic acids is 1. The fourth-order valence-corrected chi connectivity index (χ4v) is 3.73. The standard InChI is InChI=1S/C21H25N7O/c1-13-4-3-5-17(10-13)26-20-19-18(23-12-24-20)11-22-21(28-19)27-16-8-6-15(7-9-16)25-14(2)29/h3-5,10-12,15-16H,6-9H2,1-2H3,(H,25,29)(H,22,27,28)(H,23,24,26). The van der Waals surface area contributed by atoms with Crippen molar-refractivity contribution in [3.05, 3.63) is 42.4 Å². The van der Waals surface area contributed by atoms with Gasteiger partial charge in [0.1, 0.15) is 17.4 Å². The lowest BCUT2D eigenvalue weighted by molar-refractivity contribution is -0.119. The number of fused-ring (bicyclic) bond motifs is 1. The Morgan fingerprint density at radius 2 is 1.86 bits per heavy atom. The van der Waals surface area contributed by atoms with Crippen LogP contribution >= 0.6 is 0 Å². The Kier molecular flexibility index (Phi) is 5.50. The Bertz CT molecular complexity index is 1010. The smallest absolute Gasteiger partial charge is 0.223 e. The average Bonchev–Trinajstić information content (AvgIpc) is 2.70. The number of carbonyl (C=O) groups is 1. The molecular formula is C21H25N7O. The van der Waals surface area contributed by atoms with Crippen LogP contribution in [0.15, 0.2) is 36.8 Å². The van der Waals surface area contributed by atoms with Gasteiger partial charge in [0.2, 0.25) is 11.9 Å². The van der Waals surface area contributed by atoms with Crippen molar-refractivity contribution in [3.8, 4) is 0 Å². The van der Waals surface area contributed by atoms with E-state index >= 15 is 0 Å². The molecular weight excluding hydrogens is 366 g/mol. The number of nitrogens with one attached hydrogen (secondary N) is 3. The second-order valence-corrected chi connectivity index (χ2v) is 7.54. The average molecular weight is 391 g/mol. The maximum atomic E-state index is 11.2. The minimum absolute atomic E-state index is 0.0351. The Labute approximate surface area is 169 Å². The summed E-state index contributed by atoms with van der Waals surface area (Å²) < 4.78 is 0. The molecule has 2 heterocycles. The quantitative estimate of drug-likeness (QED) is 0.613. The van der Waals surface area contributed by atoms with E-state index < -0.39 is 0 Å². The van der Waals surface area contributed by atoms with E-state index in [1.807, 2.05) is 25.1 Å². The van der Waals surface area contributed by atoms with Crippen molar-refractivity contribution < 1.29 is 4.79 Å². The molecule has 29 heavy (non-hydrogen) atoms. The van der Waals surface area contributed by atoms with Crippen LogP contribution in [0.3, 0.4) is 0 Å². The van der Waals surface area contributed by atoms with Crippen LogP contribution in [-0.4, -0.2) is 37.9 Å². The van der Waals surface area contributed by atoms with Gasteiger partial charge in [-0.05, 0) is 50.3 Å². The van der Waals surface area contributed by atoms with E-state index in [1.54, 1.807) is 13.1 Å². The van der Waals surface area contributed by atoms with E-state index in [0.29, 0.717) is 22.8 Å². The summed E-state index contributed by atoms with van der Waals surface area (Å²) in [4.78, 5) is 29.0. The third-order valence-corrected chi connectivity index (χ3v) is 5.13. The van der Waals surface area contributed by atoms with Gasteiger partial charge in [0.25, 0.3) is 0 Å². The van der Waals surface area contributed by atoms with E-state index in [2.05, 4.69) is 42.0 Å². The van der Waals surface area contributed by atoms with Crippen LogP contribution in [0.25, 0.3) is 11.0 Å². The van der Waals surface area contributed by atoms with Gasteiger partial charge in [-0.2, -0.15) is 0 Å². The number of hydrogen-bond donors (Lipinski definition) is 3. The van der Waals surface area contributed by atoms with Gasteiger partial charge in [-0.1, -0.05) is 12.1 Å². The van der Waals surface area contributed by atoms with Crippen molar-refractivity contribution in [2.24, 2.45) is 0 Å². The second-order valence-electron chi connectivity index (χ2n) is 7.54. The molecule has 8 heteroatoms. The van der Waals surface area contributed by atoms with E-state index in [4.69, 9.17) is 0 Å². The van der Waals surface area contributed by atoms with E-state index in [0.717, 1.165) is 31.4 Å². The summed E-state index contributed by atoms with van der Waals surface area (Å²) in [7, 11) is 0. The molecule has 150 valence electrons. The number of nitrogens with zero attached hydrogens (tertiary/aromatic N) is 4. The molecule has 0 spiro atoms. The lowest BCUT2D eigenvalue weighted by atomic mass is 9.91. The third kappa shape index (κ3) is 4.77. The van der Waals surface area contributed by atoms with Crippen LogP contribution < -0.4 is 16.0 Å². The predicted octanol–water partition coefficient (Wildman–Crippen LogP) is 3.33. The Morgan fingerprint density at radius 3 is 2.62 bits per heavy atom. The molecule has 0 bridgehead atoms. The minimum Gasteiger partial charge on any atom is -0.354 e. The van der Waals surface area contributed by atoms with Gasteiger partial charge in [-0.25, -0.2) is 19.9 Å². The normalized spacial score (nSPS) is 19.0. The molecule has 1 aromatic carbocycles. The van der Waals surface area contributed by atoms with Gasteiger partial charge < -0.3 is 16.0 Å². The number of amides is 1. The summed E-state index contributed by atoms with van der Waals surface area (Å²) >= 11 is 0. The molecule has 0 aliphatic heterocycles. The van der Waals surface area contributed by atoms with Crippen molar-refractivity contribution >= 4 is 34.4 Å². The number of hydrogen-bond acceptors (Lipinski definition) is 7. The van der Waals surface area contributed by atoms with Crippen LogP contribution in [0.4, 0.5) is 17.5 Å². The molecule has 0 radical (unpaired) electrons. The second kappa shape index (κ2) is 8.38. The highest BCUT2D eigenvalue weighted by molar-refractivity contribution is 5.87. The molecule has 1 fully saturated rings. The van der Waals surface area contributed by atoms with Crippen LogP contribution in [0, 0.1) is 6.92 Å². The molecule has 1 saturated carbocycles. The number of rotatable bonds is 5. The third-order valence-electron chi connectivity index (χ3n) is 5.13. The van der Waals surface area contributed by atoms with Crippen LogP contribution in [-0.2, 0) is 4.79 Å². The first-order valence-electron chi connectivity index (χ1n) is 9.92. The minimum atomic E-state index is 0.0351. The zero-order valence-corrected chi connectivity index (χ0v) is 16.6.